The fraction of sp³-hybridized carbons (Fsp3) is 0.333. The number of carbonyl (C=O) groups is 1. The number of thioether (sulfide) groups is 1. The van der Waals surface area contributed by atoms with E-state index in [0.29, 0.717) is 15.8 Å². The third kappa shape index (κ3) is 3.90. The molecule has 0 aliphatic heterocycles. The molecule has 1 aromatic rings. The maximum absolute atomic E-state index is 11.7. The molecule has 7 heteroatoms. The Morgan fingerprint density at radius 3 is 2.81 bits per heavy atom. The first kappa shape index (κ1) is 13.1. The van der Waals surface area contributed by atoms with E-state index in [4.69, 9.17) is 5.11 Å². The second kappa shape index (κ2) is 5.95. The number of halogens is 2. The van der Waals surface area contributed by atoms with Crippen LogP contribution in [-0.4, -0.2) is 21.8 Å². The maximum atomic E-state index is 11.7. The molecule has 1 rings (SSSR count). The molecule has 0 spiro atoms. The van der Waals surface area contributed by atoms with Crippen molar-refractivity contribution in [3.8, 4) is 0 Å². The van der Waals surface area contributed by atoms with Crippen LogP contribution in [0.5, 0.6) is 0 Å². The van der Waals surface area contributed by atoms with Crippen molar-refractivity contribution >= 4 is 29.1 Å². The van der Waals surface area contributed by atoms with Crippen molar-refractivity contribution in [1.82, 2.24) is 4.98 Å². The van der Waals surface area contributed by atoms with Crippen LogP contribution < -0.4 is 0 Å². The number of aryl methyl sites for hydroxylation is 1. The molecular formula is C9H9F2NO2S2. The molecule has 0 saturated carbocycles. The lowest BCUT2D eigenvalue weighted by Crippen LogP contribution is -1.94. The Morgan fingerprint density at radius 1 is 1.62 bits per heavy atom. The molecule has 0 bridgehead atoms. The lowest BCUT2D eigenvalue weighted by Gasteiger charge is -1.91. The van der Waals surface area contributed by atoms with Crippen molar-refractivity contribution < 1.29 is 18.7 Å². The van der Waals surface area contributed by atoms with Crippen LogP contribution in [0.25, 0.3) is 0 Å². The topological polar surface area (TPSA) is 50.2 Å². The van der Waals surface area contributed by atoms with Gasteiger partial charge in [-0.25, -0.2) is 9.78 Å². The van der Waals surface area contributed by atoms with E-state index in [1.54, 1.807) is 6.92 Å². The molecule has 0 aliphatic carbocycles. The molecule has 0 amide bonds. The van der Waals surface area contributed by atoms with Crippen molar-refractivity contribution in [1.29, 1.82) is 0 Å². The highest BCUT2D eigenvalue weighted by molar-refractivity contribution is 8.01. The number of nitrogens with zero attached hydrogens (tertiary/aromatic N) is 1. The van der Waals surface area contributed by atoms with Gasteiger partial charge in [-0.1, -0.05) is 11.8 Å². The SMILES string of the molecule is Cc1nc(SCCC=C(F)F)sc1C(=O)O. The van der Waals surface area contributed by atoms with Gasteiger partial charge in [-0.2, -0.15) is 8.78 Å². The summed E-state index contributed by atoms with van der Waals surface area (Å²) in [7, 11) is 0. The monoisotopic (exact) mass is 265 g/mol. The van der Waals surface area contributed by atoms with E-state index in [1.807, 2.05) is 0 Å². The molecule has 0 unspecified atom stereocenters. The van der Waals surface area contributed by atoms with Crippen molar-refractivity contribution in [2.24, 2.45) is 0 Å². The molecule has 0 atom stereocenters. The van der Waals surface area contributed by atoms with Crippen molar-refractivity contribution in [3.05, 3.63) is 22.7 Å². The second-order valence-corrected chi connectivity index (χ2v) is 5.17. The number of hydrogen-bond donors (Lipinski definition) is 1. The van der Waals surface area contributed by atoms with Crippen LogP contribution >= 0.6 is 23.1 Å². The van der Waals surface area contributed by atoms with Gasteiger partial charge in [-0.15, -0.1) is 11.3 Å². The summed E-state index contributed by atoms with van der Waals surface area (Å²) in [4.78, 5) is 15.0. The van der Waals surface area contributed by atoms with E-state index >= 15 is 0 Å². The standard InChI is InChI=1S/C9H9F2NO2S2/c1-5-7(8(13)14)16-9(12-5)15-4-2-3-6(10)11/h3H,2,4H2,1H3,(H,13,14). The minimum atomic E-state index is -1.69. The van der Waals surface area contributed by atoms with Gasteiger partial charge in [0.25, 0.3) is 6.08 Å². The van der Waals surface area contributed by atoms with E-state index in [9.17, 15) is 13.6 Å². The normalized spacial score (nSPS) is 10.2. The molecule has 1 aromatic heterocycles. The van der Waals surface area contributed by atoms with Crippen LogP contribution in [0.4, 0.5) is 8.78 Å². The molecule has 1 N–H and O–H groups in total. The Balaban J connectivity index is 2.52. The van der Waals surface area contributed by atoms with Gasteiger partial charge in [0.2, 0.25) is 0 Å². The average Bonchev–Trinajstić information content (AvgIpc) is 2.54. The largest absolute Gasteiger partial charge is 0.477 e. The van der Waals surface area contributed by atoms with E-state index in [1.165, 1.54) is 11.8 Å². The molecule has 0 radical (unpaired) electrons. The fourth-order valence-corrected chi connectivity index (χ4v) is 2.93. The number of carboxylic acid groups (broad SMARTS) is 1. The highest BCUT2D eigenvalue weighted by atomic mass is 32.2. The third-order valence-electron chi connectivity index (χ3n) is 1.61. The Morgan fingerprint density at radius 2 is 2.31 bits per heavy atom. The summed E-state index contributed by atoms with van der Waals surface area (Å²) in [5.41, 5.74) is 0.465. The summed E-state index contributed by atoms with van der Waals surface area (Å²) in [5, 5.41) is 8.78. The first-order valence-corrected chi connectivity index (χ1v) is 6.15. The van der Waals surface area contributed by atoms with Gasteiger partial charge in [-0.3, -0.25) is 0 Å². The number of thiazole rings is 1. The van der Waals surface area contributed by atoms with Crippen LogP contribution in [-0.2, 0) is 0 Å². The maximum Gasteiger partial charge on any atom is 0.347 e. The lowest BCUT2D eigenvalue weighted by atomic mass is 10.4. The third-order valence-corrected chi connectivity index (χ3v) is 3.93. The zero-order valence-electron chi connectivity index (χ0n) is 8.37. The summed E-state index contributed by atoms with van der Waals surface area (Å²) >= 11 is 2.35. The molecule has 1 heterocycles. The number of rotatable bonds is 5. The van der Waals surface area contributed by atoms with E-state index < -0.39 is 12.0 Å². The first-order valence-electron chi connectivity index (χ1n) is 4.35. The van der Waals surface area contributed by atoms with E-state index in [-0.39, 0.29) is 11.3 Å². The number of aromatic nitrogens is 1. The first-order chi connectivity index (χ1) is 7.50. The minimum Gasteiger partial charge on any atom is -0.477 e. The molecule has 16 heavy (non-hydrogen) atoms. The fourth-order valence-electron chi connectivity index (χ4n) is 0.946. The molecule has 0 aliphatic rings. The predicted molar refractivity (Wildman–Crippen MR) is 59.5 cm³/mol. The minimum absolute atomic E-state index is 0.203. The molecule has 0 aromatic carbocycles. The van der Waals surface area contributed by atoms with Crippen molar-refractivity contribution in [2.45, 2.75) is 17.7 Å². The Labute approximate surface area is 99.2 Å². The summed E-state index contributed by atoms with van der Waals surface area (Å²) in [6.07, 6.45) is -0.610. The van der Waals surface area contributed by atoms with Gasteiger partial charge in [0, 0.05) is 5.75 Å². The highest BCUT2D eigenvalue weighted by Gasteiger charge is 2.13. The van der Waals surface area contributed by atoms with Gasteiger partial charge in [0.15, 0.2) is 4.34 Å². The van der Waals surface area contributed by atoms with Crippen LogP contribution in [0.1, 0.15) is 21.8 Å². The van der Waals surface area contributed by atoms with Crippen LogP contribution in [0.3, 0.4) is 0 Å². The van der Waals surface area contributed by atoms with Gasteiger partial charge in [-0.05, 0) is 19.4 Å². The number of allylic oxidation sites excluding steroid dienone is 1. The van der Waals surface area contributed by atoms with Gasteiger partial charge < -0.3 is 5.11 Å². The average molecular weight is 265 g/mol. The quantitative estimate of drug-likeness (QED) is 0.654. The number of carboxylic acids is 1. The summed E-state index contributed by atoms with van der Waals surface area (Å²) in [6, 6.07) is 0. The molecule has 0 saturated heterocycles. The van der Waals surface area contributed by atoms with Crippen LogP contribution in [0, 0.1) is 6.92 Å². The second-order valence-electron chi connectivity index (χ2n) is 2.83. The highest BCUT2D eigenvalue weighted by Crippen LogP contribution is 2.27. The summed E-state index contributed by atoms with van der Waals surface area (Å²) in [6.45, 7) is 1.62. The van der Waals surface area contributed by atoms with Gasteiger partial charge >= 0.3 is 5.97 Å². The molecule has 3 nitrogen and oxygen atoms in total. The van der Waals surface area contributed by atoms with Crippen molar-refractivity contribution in [2.75, 3.05) is 5.75 Å². The van der Waals surface area contributed by atoms with Gasteiger partial charge in [0.05, 0.1) is 5.69 Å². The molecule has 0 fully saturated rings. The number of aromatic carboxylic acids is 1. The summed E-state index contributed by atoms with van der Waals surface area (Å²) in [5.74, 6) is -0.542. The zero-order valence-corrected chi connectivity index (χ0v) is 10.00. The van der Waals surface area contributed by atoms with E-state index in [2.05, 4.69) is 4.98 Å². The summed E-state index contributed by atoms with van der Waals surface area (Å²) < 4.78 is 24.0. The Kier molecular flexibility index (Phi) is 4.88. The van der Waals surface area contributed by atoms with Crippen molar-refractivity contribution in [3.63, 3.8) is 0 Å². The Bertz CT molecular complexity index is 414. The lowest BCUT2D eigenvalue weighted by molar-refractivity contribution is 0.0701. The zero-order chi connectivity index (χ0) is 12.1. The van der Waals surface area contributed by atoms with Crippen LogP contribution in [0.15, 0.2) is 16.5 Å². The smallest absolute Gasteiger partial charge is 0.347 e. The molecular weight excluding hydrogens is 256 g/mol. The van der Waals surface area contributed by atoms with Crippen LogP contribution in [0.2, 0.25) is 0 Å². The number of hydrogen-bond acceptors (Lipinski definition) is 4. The van der Waals surface area contributed by atoms with Gasteiger partial charge in [0.1, 0.15) is 4.88 Å². The Hall–Kier alpha value is -0.950. The predicted octanol–water partition coefficient (Wildman–Crippen LogP) is 3.41. The van der Waals surface area contributed by atoms with E-state index in [0.717, 1.165) is 17.4 Å². The molecule has 88 valence electrons.